The maximum absolute atomic E-state index is 11.9. The van der Waals surface area contributed by atoms with Gasteiger partial charge in [-0.05, 0) is 12.1 Å². The van der Waals surface area contributed by atoms with Crippen molar-refractivity contribution in [3.05, 3.63) is 33.3 Å². The first-order valence-electron chi connectivity index (χ1n) is 4.78. The van der Waals surface area contributed by atoms with Crippen molar-refractivity contribution in [2.24, 2.45) is 0 Å². The molecule has 1 aromatic carbocycles. The number of amides is 2. The molecule has 0 bridgehead atoms. The van der Waals surface area contributed by atoms with Crippen molar-refractivity contribution in [1.82, 2.24) is 4.90 Å². The maximum Gasteiger partial charge on any atom is 0.261 e. The van der Waals surface area contributed by atoms with E-state index in [1.54, 1.807) is 0 Å². The number of rotatable bonds is 2. The number of halogens is 2. The number of nitriles is 1. The van der Waals surface area contributed by atoms with E-state index in [2.05, 4.69) is 0 Å². The summed E-state index contributed by atoms with van der Waals surface area (Å²) in [4.78, 5) is 24.8. The summed E-state index contributed by atoms with van der Waals surface area (Å²) in [6.45, 7) is 0.0814. The quantitative estimate of drug-likeness (QED) is 0.775. The third-order valence-electron chi connectivity index (χ3n) is 2.46. The summed E-state index contributed by atoms with van der Waals surface area (Å²) in [6, 6.07) is 4.65. The van der Waals surface area contributed by atoms with Crippen molar-refractivity contribution in [2.45, 2.75) is 6.42 Å². The summed E-state index contributed by atoms with van der Waals surface area (Å²) in [7, 11) is 0. The molecule has 4 nitrogen and oxygen atoms in total. The average molecular weight is 269 g/mol. The van der Waals surface area contributed by atoms with Gasteiger partial charge in [0.1, 0.15) is 0 Å². The Hall–Kier alpha value is -1.57. The third-order valence-corrected chi connectivity index (χ3v) is 3.18. The number of carbonyl (C=O) groups is 2. The second-order valence-corrected chi connectivity index (χ2v) is 4.30. The fourth-order valence-electron chi connectivity index (χ4n) is 1.65. The molecule has 0 atom stereocenters. The molecule has 6 heteroatoms. The maximum atomic E-state index is 11.9. The molecule has 0 aliphatic carbocycles. The minimum absolute atomic E-state index is 0.0814. The lowest BCUT2D eigenvalue weighted by atomic mass is 10.1. The molecule has 0 saturated heterocycles. The summed E-state index contributed by atoms with van der Waals surface area (Å²) in [6.07, 6.45) is 0.104. The van der Waals surface area contributed by atoms with E-state index in [0.717, 1.165) is 4.90 Å². The van der Waals surface area contributed by atoms with E-state index in [0.29, 0.717) is 0 Å². The molecule has 1 heterocycles. The number of imide groups is 1. The van der Waals surface area contributed by atoms with Gasteiger partial charge >= 0.3 is 0 Å². The zero-order valence-corrected chi connectivity index (χ0v) is 10.0. The molecule has 1 aliphatic rings. The molecule has 86 valence electrons. The number of hydrogen-bond donors (Lipinski definition) is 0. The number of benzene rings is 1. The number of fused-ring (bicyclic) bond motifs is 1. The summed E-state index contributed by atoms with van der Waals surface area (Å²) >= 11 is 11.6. The highest BCUT2D eigenvalue weighted by molar-refractivity contribution is 6.43. The highest BCUT2D eigenvalue weighted by atomic mass is 35.5. The Bertz CT molecular complexity index is 522. The minimum atomic E-state index is -0.432. The van der Waals surface area contributed by atoms with Crippen LogP contribution in [-0.4, -0.2) is 23.3 Å². The SMILES string of the molecule is N#CCCN1C(=O)c2cc(Cl)c(Cl)cc2C1=O. The van der Waals surface area contributed by atoms with E-state index in [1.807, 2.05) is 6.07 Å². The van der Waals surface area contributed by atoms with Gasteiger partial charge in [-0.15, -0.1) is 0 Å². The molecule has 0 N–H and O–H groups in total. The van der Waals surface area contributed by atoms with Gasteiger partial charge in [-0.1, -0.05) is 23.2 Å². The van der Waals surface area contributed by atoms with Crippen LogP contribution in [0.5, 0.6) is 0 Å². The van der Waals surface area contributed by atoms with Gasteiger partial charge in [-0.25, -0.2) is 0 Å². The topological polar surface area (TPSA) is 61.2 Å². The van der Waals surface area contributed by atoms with Gasteiger partial charge in [0.25, 0.3) is 11.8 Å². The molecule has 1 aliphatic heterocycles. The van der Waals surface area contributed by atoms with Crippen LogP contribution in [0.15, 0.2) is 12.1 Å². The Morgan fingerprint density at radius 1 is 1.12 bits per heavy atom. The minimum Gasteiger partial charge on any atom is -0.273 e. The van der Waals surface area contributed by atoms with Crippen LogP contribution in [0, 0.1) is 11.3 Å². The third kappa shape index (κ3) is 1.88. The lowest BCUT2D eigenvalue weighted by Crippen LogP contribution is -2.30. The highest BCUT2D eigenvalue weighted by Gasteiger charge is 2.35. The predicted octanol–water partition coefficient (Wildman–Crippen LogP) is 2.50. The van der Waals surface area contributed by atoms with Crippen molar-refractivity contribution < 1.29 is 9.59 Å². The van der Waals surface area contributed by atoms with Crippen LogP contribution < -0.4 is 0 Å². The normalized spacial score (nSPS) is 13.8. The molecular weight excluding hydrogens is 263 g/mol. The van der Waals surface area contributed by atoms with Crippen molar-refractivity contribution in [3.63, 3.8) is 0 Å². The van der Waals surface area contributed by atoms with Crippen molar-refractivity contribution >= 4 is 35.0 Å². The van der Waals surface area contributed by atoms with Crippen LogP contribution in [0.25, 0.3) is 0 Å². The summed E-state index contributed by atoms with van der Waals surface area (Å²) in [5, 5.41) is 8.92. The second-order valence-electron chi connectivity index (χ2n) is 3.48. The zero-order valence-electron chi connectivity index (χ0n) is 8.54. The first kappa shape index (κ1) is 11.9. The van der Waals surface area contributed by atoms with Crippen LogP contribution >= 0.6 is 23.2 Å². The van der Waals surface area contributed by atoms with Crippen LogP contribution in [-0.2, 0) is 0 Å². The number of nitrogens with zero attached hydrogens (tertiary/aromatic N) is 2. The molecule has 0 saturated carbocycles. The molecule has 2 rings (SSSR count). The Morgan fingerprint density at radius 2 is 1.59 bits per heavy atom. The van der Waals surface area contributed by atoms with E-state index in [-0.39, 0.29) is 34.1 Å². The van der Waals surface area contributed by atoms with E-state index in [1.165, 1.54) is 12.1 Å². The number of hydrogen-bond acceptors (Lipinski definition) is 3. The highest BCUT2D eigenvalue weighted by Crippen LogP contribution is 2.31. The standard InChI is InChI=1S/C11H6Cl2N2O2/c12-8-4-6-7(5-9(8)13)11(17)15(10(6)16)3-1-2-14/h4-5H,1,3H2. The van der Waals surface area contributed by atoms with Gasteiger partial charge in [-0.2, -0.15) is 5.26 Å². The lowest BCUT2D eigenvalue weighted by molar-refractivity contribution is 0.0657. The van der Waals surface area contributed by atoms with Gasteiger partial charge in [0.15, 0.2) is 0 Å². The van der Waals surface area contributed by atoms with Crippen LogP contribution in [0.3, 0.4) is 0 Å². The fourth-order valence-corrected chi connectivity index (χ4v) is 1.98. The van der Waals surface area contributed by atoms with Crippen molar-refractivity contribution in [2.75, 3.05) is 6.54 Å². The molecular formula is C11H6Cl2N2O2. The van der Waals surface area contributed by atoms with Crippen LogP contribution in [0.4, 0.5) is 0 Å². The van der Waals surface area contributed by atoms with E-state index in [9.17, 15) is 9.59 Å². The molecule has 2 amide bonds. The smallest absolute Gasteiger partial charge is 0.261 e. The summed E-state index contributed by atoms with van der Waals surface area (Å²) in [5.74, 6) is -0.863. The molecule has 1 aromatic rings. The van der Waals surface area contributed by atoms with Crippen LogP contribution in [0.1, 0.15) is 27.1 Å². The van der Waals surface area contributed by atoms with Gasteiger partial charge in [0.05, 0.1) is 33.7 Å². The first-order valence-corrected chi connectivity index (χ1v) is 5.54. The molecule has 0 spiro atoms. The van der Waals surface area contributed by atoms with E-state index >= 15 is 0 Å². The first-order chi connectivity index (χ1) is 8.06. The van der Waals surface area contributed by atoms with Gasteiger partial charge in [0, 0.05) is 6.54 Å². The van der Waals surface area contributed by atoms with Gasteiger partial charge in [0.2, 0.25) is 0 Å². The number of carbonyl (C=O) groups excluding carboxylic acids is 2. The van der Waals surface area contributed by atoms with E-state index < -0.39 is 11.8 Å². The molecule has 0 unspecified atom stereocenters. The monoisotopic (exact) mass is 268 g/mol. The van der Waals surface area contributed by atoms with E-state index in [4.69, 9.17) is 28.5 Å². The lowest BCUT2D eigenvalue weighted by Gasteiger charge is -2.10. The van der Waals surface area contributed by atoms with Crippen LogP contribution in [0.2, 0.25) is 10.0 Å². The second kappa shape index (κ2) is 4.36. The predicted molar refractivity (Wildman–Crippen MR) is 62.1 cm³/mol. The average Bonchev–Trinajstić information content (AvgIpc) is 2.51. The van der Waals surface area contributed by atoms with Gasteiger partial charge < -0.3 is 0 Å². The molecule has 0 radical (unpaired) electrons. The van der Waals surface area contributed by atoms with Gasteiger partial charge in [-0.3, -0.25) is 14.5 Å². The zero-order chi connectivity index (χ0) is 12.6. The summed E-state index contributed by atoms with van der Waals surface area (Å²) in [5.41, 5.74) is 0.477. The largest absolute Gasteiger partial charge is 0.273 e. The molecule has 0 fully saturated rings. The van der Waals surface area contributed by atoms with Crippen molar-refractivity contribution in [3.8, 4) is 6.07 Å². The Kier molecular flexibility index (Phi) is 3.05. The fraction of sp³-hybridized carbons (Fsp3) is 0.182. The Balaban J connectivity index is 2.43. The van der Waals surface area contributed by atoms with Crippen molar-refractivity contribution in [1.29, 1.82) is 5.26 Å². The Labute approximate surface area is 107 Å². The summed E-state index contributed by atoms with van der Waals surface area (Å²) < 4.78 is 0. The molecule has 0 aromatic heterocycles. The molecule has 17 heavy (non-hydrogen) atoms. The Morgan fingerprint density at radius 3 is 2.00 bits per heavy atom.